The second-order valence-corrected chi connectivity index (χ2v) is 10.4. The van der Waals surface area contributed by atoms with Gasteiger partial charge in [0.25, 0.3) is 10.0 Å². The van der Waals surface area contributed by atoms with Gasteiger partial charge in [-0.1, -0.05) is 52.3 Å². The van der Waals surface area contributed by atoms with Crippen LogP contribution < -0.4 is 9.62 Å². The van der Waals surface area contributed by atoms with E-state index >= 15 is 0 Å². The van der Waals surface area contributed by atoms with Crippen LogP contribution in [0.3, 0.4) is 0 Å². The highest BCUT2D eigenvalue weighted by Gasteiger charge is 2.27. The van der Waals surface area contributed by atoms with Crippen molar-refractivity contribution in [1.82, 2.24) is 14.9 Å². The molecule has 0 atom stereocenters. The monoisotopic (exact) mass is 538 g/mol. The van der Waals surface area contributed by atoms with E-state index < -0.39 is 15.9 Å². The largest absolute Gasteiger partial charge is 0.350 e. The van der Waals surface area contributed by atoms with Gasteiger partial charge in [0.1, 0.15) is 12.4 Å². The van der Waals surface area contributed by atoms with Gasteiger partial charge in [0.15, 0.2) is 0 Å². The Labute approximate surface area is 207 Å². The third-order valence-electron chi connectivity index (χ3n) is 5.24. The second kappa shape index (κ2) is 10.2. The number of imidazole rings is 1. The molecule has 0 aliphatic heterocycles. The normalized spacial score (nSPS) is 11.2. The van der Waals surface area contributed by atoms with E-state index in [-0.39, 0.29) is 18.0 Å². The Hall–Kier alpha value is -3.43. The molecule has 0 spiro atoms. The number of rotatable bonds is 8. The number of anilines is 1. The van der Waals surface area contributed by atoms with Gasteiger partial charge in [0.2, 0.25) is 5.91 Å². The highest BCUT2D eigenvalue weighted by molar-refractivity contribution is 9.10. The number of carbonyl (C=O) groups excluding carboxylic acids is 1. The minimum absolute atomic E-state index is 0.119. The van der Waals surface area contributed by atoms with Crippen LogP contribution in [0.2, 0.25) is 0 Å². The molecular weight excluding hydrogens is 516 g/mol. The maximum atomic E-state index is 13.4. The number of nitrogens with one attached hydrogen (secondary N) is 1. The Morgan fingerprint density at radius 1 is 1.03 bits per heavy atom. The van der Waals surface area contributed by atoms with Gasteiger partial charge in [0.05, 0.1) is 10.6 Å². The molecule has 1 amide bonds. The molecule has 0 unspecified atom stereocenters. The zero-order valence-electron chi connectivity index (χ0n) is 18.4. The van der Waals surface area contributed by atoms with Gasteiger partial charge >= 0.3 is 0 Å². The summed E-state index contributed by atoms with van der Waals surface area (Å²) in [5.41, 5.74) is 2.27. The van der Waals surface area contributed by atoms with Gasteiger partial charge in [-0.25, -0.2) is 13.4 Å². The average Bonchev–Trinajstić information content (AvgIpc) is 3.27. The quantitative estimate of drug-likeness (QED) is 0.359. The second-order valence-electron chi connectivity index (χ2n) is 7.59. The van der Waals surface area contributed by atoms with Crippen molar-refractivity contribution in [3.05, 3.63) is 107 Å². The molecule has 174 valence electrons. The van der Waals surface area contributed by atoms with E-state index in [0.29, 0.717) is 10.2 Å². The van der Waals surface area contributed by atoms with Gasteiger partial charge in [-0.05, 0) is 55.0 Å². The number of halogens is 1. The van der Waals surface area contributed by atoms with Crippen LogP contribution in [0.4, 0.5) is 5.69 Å². The third-order valence-corrected chi connectivity index (χ3v) is 7.53. The molecule has 0 saturated carbocycles. The lowest BCUT2D eigenvalue weighted by Gasteiger charge is -2.24. The number of carbonyl (C=O) groups is 1. The minimum atomic E-state index is -3.94. The number of aromatic nitrogens is 2. The van der Waals surface area contributed by atoms with E-state index in [4.69, 9.17) is 0 Å². The molecule has 1 aromatic heterocycles. The minimum Gasteiger partial charge on any atom is -0.350 e. The smallest absolute Gasteiger partial charge is 0.264 e. The fraction of sp³-hybridized carbons (Fsp3) is 0.120. The predicted molar refractivity (Wildman–Crippen MR) is 135 cm³/mol. The lowest BCUT2D eigenvalue weighted by molar-refractivity contribution is -0.119. The molecule has 7 nitrogen and oxygen atoms in total. The zero-order chi connectivity index (χ0) is 24.1. The molecule has 0 aliphatic rings. The molecular formula is C25H23BrN4O3S. The lowest BCUT2D eigenvalue weighted by Crippen LogP contribution is -2.40. The fourth-order valence-corrected chi connectivity index (χ4v) is 5.30. The number of hydrogen-bond donors (Lipinski definition) is 1. The summed E-state index contributed by atoms with van der Waals surface area (Å²) in [5, 5.41) is 2.83. The van der Waals surface area contributed by atoms with Gasteiger partial charge in [-0.15, -0.1) is 0 Å². The number of benzene rings is 3. The summed E-state index contributed by atoms with van der Waals surface area (Å²) in [6.07, 6.45) is 3.62. The molecule has 0 radical (unpaired) electrons. The van der Waals surface area contributed by atoms with E-state index in [2.05, 4.69) is 26.2 Å². The lowest BCUT2D eigenvalue weighted by atomic mass is 10.2. The van der Waals surface area contributed by atoms with Gasteiger partial charge in [-0.3, -0.25) is 9.10 Å². The first-order valence-corrected chi connectivity index (χ1v) is 12.8. The van der Waals surface area contributed by atoms with Crippen molar-refractivity contribution in [1.29, 1.82) is 0 Å². The maximum absolute atomic E-state index is 13.4. The molecule has 0 fully saturated rings. The van der Waals surface area contributed by atoms with Crippen LogP contribution in [0.1, 0.15) is 11.4 Å². The summed E-state index contributed by atoms with van der Waals surface area (Å²) in [5.74, 6) is 0.474. The molecule has 0 saturated heterocycles. The van der Waals surface area contributed by atoms with Crippen LogP contribution >= 0.6 is 15.9 Å². The molecule has 1 heterocycles. The summed E-state index contributed by atoms with van der Waals surface area (Å²) in [7, 11) is -3.94. The van der Waals surface area contributed by atoms with Crippen molar-refractivity contribution in [3.63, 3.8) is 0 Å². The van der Waals surface area contributed by atoms with Crippen LogP contribution in [-0.2, 0) is 21.4 Å². The average molecular weight is 539 g/mol. The van der Waals surface area contributed by atoms with Crippen molar-refractivity contribution in [3.8, 4) is 5.69 Å². The fourth-order valence-electron chi connectivity index (χ4n) is 3.48. The van der Waals surface area contributed by atoms with Crippen LogP contribution in [0.5, 0.6) is 0 Å². The Morgan fingerprint density at radius 2 is 1.76 bits per heavy atom. The standard InChI is InChI=1S/C25H23BrN4O3S/c1-19-27-14-15-29(19)22-12-10-20(11-13-22)17-28-25(31)18-30(23-7-5-6-21(26)16-23)34(32,33)24-8-3-2-4-9-24/h2-16H,17-18H2,1H3,(H,28,31). The summed E-state index contributed by atoms with van der Waals surface area (Å²) in [4.78, 5) is 17.2. The molecule has 1 N–H and O–H groups in total. The highest BCUT2D eigenvalue weighted by Crippen LogP contribution is 2.26. The van der Waals surface area contributed by atoms with Crippen molar-refractivity contribution in [2.75, 3.05) is 10.8 Å². The van der Waals surface area contributed by atoms with Crippen LogP contribution in [-0.4, -0.2) is 30.4 Å². The Kier molecular flexibility index (Phi) is 7.14. The first-order valence-electron chi connectivity index (χ1n) is 10.5. The summed E-state index contributed by atoms with van der Waals surface area (Å²) < 4.78 is 30.5. The molecule has 0 bridgehead atoms. The predicted octanol–water partition coefficient (Wildman–Crippen LogP) is 4.45. The summed E-state index contributed by atoms with van der Waals surface area (Å²) in [6.45, 7) is 1.86. The van der Waals surface area contributed by atoms with Gasteiger partial charge in [-0.2, -0.15) is 0 Å². The summed E-state index contributed by atoms with van der Waals surface area (Å²) >= 11 is 3.38. The summed E-state index contributed by atoms with van der Waals surface area (Å²) in [6, 6.07) is 22.7. The number of sulfonamides is 1. The van der Waals surface area contributed by atoms with Crippen molar-refractivity contribution in [2.45, 2.75) is 18.4 Å². The SMILES string of the molecule is Cc1nccn1-c1ccc(CNC(=O)CN(c2cccc(Br)c2)S(=O)(=O)c2ccccc2)cc1. The molecule has 4 aromatic rings. The van der Waals surface area contributed by atoms with Crippen molar-refractivity contribution in [2.24, 2.45) is 0 Å². The van der Waals surface area contributed by atoms with E-state index in [1.165, 1.54) is 12.1 Å². The molecule has 9 heteroatoms. The Bertz CT molecular complexity index is 1390. The van der Waals surface area contributed by atoms with E-state index in [1.807, 2.05) is 42.0 Å². The van der Waals surface area contributed by atoms with Gasteiger partial charge in [0, 0.05) is 29.1 Å². The van der Waals surface area contributed by atoms with Crippen LogP contribution in [0, 0.1) is 6.92 Å². The topological polar surface area (TPSA) is 84.3 Å². The van der Waals surface area contributed by atoms with E-state index in [0.717, 1.165) is 21.4 Å². The first-order chi connectivity index (χ1) is 16.3. The zero-order valence-corrected chi connectivity index (χ0v) is 20.8. The Morgan fingerprint density at radius 3 is 2.41 bits per heavy atom. The number of nitrogens with zero attached hydrogens (tertiary/aromatic N) is 3. The number of hydrogen-bond acceptors (Lipinski definition) is 4. The maximum Gasteiger partial charge on any atom is 0.264 e. The van der Waals surface area contributed by atoms with Crippen LogP contribution in [0.25, 0.3) is 5.69 Å². The third kappa shape index (κ3) is 5.37. The van der Waals surface area contributed by atoms with Crippen molar-refractivity contribution < 1.29 is 13.2 Å². The van der Waals surface area contributed by atoms with Crippen molar-refractivity contribution >= 4 is 37.5 Å². The number of amides is 1. The molecule has 34 heavy (non-hydrogen) atoms. The molecule has 0 aliphatic carbocycles. The van der Waals surface area contributed by atoms with Gasteiger partial charge < -0.3 is 9.88 Å². The van der Waals surface area contributed by atoms with Crippen LogP contribution in [0.15, 0.2) is 101 Å². The molecule has 4 rings (SSSR count). The molecule has 3 aromatic carbocycles. The van der Waals surface area contributed by atoms with E-state index in [9.17, 15) is 13.2 Å². The highest BCUT2D eigenvalue weighted by atomic mass is 79.9. The number of aryl methyl sites for hydroxylation is 1. The first kappa shape index (κ1) is 23.7. The van der Waals surface area contributed by atoms with E-state index in [1.54, 1.807) is 48.7 Å². The Balaban J connectivity index is 1.49.